The number of benzene rings is 2. The standard InChI is InChI=1S/C24H29BrN2O4S/c1-14-7-6-8-20(17(14)4)26-22(28)13-30-23-19(25)9-18(10-21(23)29-5)24(32)27-11-15(2)31-16(3)12-27/h6-10,15-16H,11-13H2,1-5H3,(H,26,28)/t15-,16-/m1/s1. The maximum atomic E-state index is 12.5. The third kappa shape index (κ3) is 5.79. The van der Waals surface area contributed by atoms with E-state index in [1.54, 1.807) is 7.11 Å². The van der Waals surface area contributed by atoms with Crippen molar-refractivity contribution < 1.29 is 19.0 Å². The molecule has 1 heterocycles. The summed E-state index contributed by atoms with van der Waals surface area (Å²) in [6, 6.07) is 9.53. The first kappa shape index (κ1) is 24.5. The summed E-state index contributed by atoms with van der Waals surface area (Å²) >= 11 is 9.30. The highest BCUT2D eigenvalue weighted by molar-refractivity contribution is 9.10. The monoisotopic (exact) mass is 520 g/mol. The summed E-state index contributed by atoms with van der Waals surface area (Å²) in [5.74, 6) is 0.716. The number of nitrogens with zero attached hydrogens (tertiary/aromatic N) is 1. The van der Waals surface area contributed by atoms with Gasteiger partial charge >= 0.3 is 0 Å². The zero-order chi connectivity index (χ0) is 23.4. The number of amides is 1. The molecule has 6 nitrogen and oxygen atoms in total. The lowest BCUT2D eigenvalue weighted by Gasteiger charge is -2.37. The van der Waals surface area contributed by atoms with Gasteiger partial charge in [-0.15, -0.1) is 0 Å². The van der Waals surface area contributed by atoms with Gasteiger partial charge in [0.1, 0.15) is 4.99 Å². The molecule has 1 aliphatic heterocycles. The van der Waals surface area contributed by atoms with Crippen molar-refractivity contribution in [3.05, 3.63) is 51.5 Å². The predicted molar refractivity (Wildman–Crippen MR) is 134 cm³/mol. The molecule has 0 spiro atoms. The molecule has 1 saturated heterocycles. The number of morpholine rings is 1. The molecule has 3 rings (SSSR count). The lowest BCUT2D eigenvalue weighted by molar-refractivity contribution is -0.118. The van der Waals surface area contributed by atoms with Crippen molar-refractivity contribution in [3.63, 3.8) is 0 Å². The summed E-state index contributed by atoms with van der Waals surface area (Å²) in [6.45, 7) is 9.39. The zero-order valence-electron chi connectivity index (χ0n) is 19.0. The summed E-state index contributed by atoms with van der Waals surface area (Å²) in [5.41, 5.74) is 3.77. The van der Waals surface area contributed by atoms with E-state index < -0.39 is 0 Å². The number of nitrogens with one attached hydrogen (secondary N) is 1. The Morgan fingerprint density at radius 1 is 1.25 bits per heavy atom. The van der Waals surface area contributed by atoms with Crippen LogP contribution in [0.15, 0.2) is 34.8 Å². The Morgan fingerprint density at radius 3 is 2.59 bits per heavy atom. The van der Waals surface area contributed by atoms with Crippen molar-refractivity contribution in [1.29, 1.82) is 0 Å². The van der Waals surface area contributed by atoms with Gasteiger partial charge in [0.05, 0.1) is 23.8 Å². The third-order valence-corrected chi connectivity index (χ3v) is 6.49. The Hall–Kier alpha value is -2.16. The number of carbonyl (C=O) groups is 1. The van der Waals surface area contributed by atoms with Crippen molar-refractivity contribution in [2.45, 2.75) is 39.9 Å². The fraction of sp³-hybridized carbons (Fsp3) is 0.417. The Morgan fingerprint density at radius 2 is 1.94 bits per heavy atom. The molecule has 1 fully saturated rings. The Balaban J connectivity index is 1.71. The van der Waals surface area contributed by atoms with Crippen LogP contribution in [0.25, 0.3) is 0 Å². The Kier molecular flexibility index (Phi) is 8.14. The van der Waals surface area contributed by atoms with Crippen LogP contribution in [-0.2, 0) is 9.53 Å². The first-order chi connectivity index (χ1) is 15.2. The summed E-state index contributed by atoms with van der Waals surface area (Å²) in [4.78, 5) is 15.3. The van der Waals surface area contributed by atoms with Crippen LogP contribution in [0.3, 0.4) is 0 Å². The third-order valence-electron chi connectivity index (χ3n) is 5.41. The van der Waals surface area contributed by atoms with Gasteiger partial charge in [-0.1, -0.05) is 24.4 Å². The molecule has 0 radical (unpaired) electrons. The van der Waals surface area contributed by atoms with E-state index in [1.165, 1.54) is 0 Å². The summed E-state index contributed by atoms with van der Waals surface area (Å²) < 4.78 is 17.8. The maximum Gasteiger partial charge on any atom is 0.262 e. The largest absolute Gasteiger partial charge is 0.493 e. The van der Waals surface area contributed by atoms with E-state index in [1.807, 2.05) is 58.0 Å². The fourth-order valence-corrected chi connectivity index (χ4v) is 4.54. The van der Waals surface area contributed by atoms with Crippen molar-refractivity contribution in [2.24, 2.45) is 0 Å². The smallest absolute Gasteiger partial charge is 0.262 e. The Labute approximate surface area is 203 Å². The van der Waals surface area contributed by atoms with Gasteiger partial charge in [-0.3, -0.25) is 4.79 Å². The van der Waals surface area contributed by atoms with Gasteiger partial charge in [-0.25, -0.2) is 0 Å². The highest BCUT2D eigenvalue weighted by Crippen LogP contribution is 2.37. The number of aryl methyl sites for hydroxylation is 1. The molecule has 2 aromatic carbocycles. The second-order valence-corrected chi connectivity index (χ2v) is 9.28. The molecule has 2 aromatic rings. The van der Waals surface area contributed by atoms with Crippen molar-refractivity contribution >= 4 is 44.7 Å². The van der Waals surface area contributed by atoms with Gasteiger partial charge < -0.3 is 24.4 Å². The van der Waals surface area contributed by atoms with E-state index in [0.717, 1.165) is 40.5 Å². The van der Waals surface area contributed by atoms with Gasteiger partial charge in [0.2, 0.25) is 0 Å². The number of rotatable bonds is 6. The molecule has 8 heteroatoms. The number of carbonyl (C=O) groups excluding carboxylic acids is 1. The molecular weight excluding hydrogens is 492 g/mol. The Bertz CT molecular complexity index is 1000. The van der Waals surface area contributed by atoms with Crippen molar-refractivity contribution in [3.8, 4) is 11.5 Å². The first-order valence-corrected chi connectivity index (χ1v) is 11.7. The first-order valence-electron chi connectivity index (χ1n) is 10.5. The fourth-order valence-electron chi connectivity index (χ4n) is 3.72. The molecule has 2 atom stereocenters. The lowest BCUT2D eigenvalue weighted by Crippen LogP contribution is -2.47. The number of ether oxygens (including phenoxy) is 3. The molecular formula is C24H29BrN2O4S. The van der Waals surface area contributed by atoms with Gasteiger partial charge in [0.25, 0.3) is 5.91 Å². The molecule has 0 aliphatic carbocycles. The van der Waals surface area contributed by atoms with Crippen LogP contribution in [0.2, 0.25) is 0 Å². The van der Waals surface area contributed by atoms with Crippen LogP contribution in [0.1, 0.15) is 30.5 Å². The molecule has 1 N–H and O–H groups in total. The number of hydrogen-bond acceptors (Lipinski definition) is 5. The SMILES string of the molecule is COc1cc(C(=S)N2C[C@@H](C)O[C@H](C)C2)cc(Br)c1OCC(=O)Nc1cccc(C)c1C. The normalized spacial score (nSPS) is 18.2. The van der Waals surface area contributed by atoms with Crippen molar-refractivity contribution in [2.75, 3.05) is 32.1 Å². The van der Waals surface area contributed by atoms with E-state index in [0.29, 0.717) is 16.0 Å². The number of thiocarbonyl (C=S) groups is 1. The van der Waals surface area contributed by atoms with Crippen LogP contribution >= 0.6 is 28.1 Å². The zero-order valence-corrected chi connectivity index (χ0v) is 21.4. The molecule has 1 aliphatic rings. The van der Waals surface area contributed by atoms with Crippen LogP contribution in [0.4, 0.5) is 5.69 Å². The molecule has 172 valence electrons. The van der Waals surface area contributed by atoms with E-state index in [4.69, 9.17) is 26.4 Å². The van der Waals surface area contributed by atoms with E-state index in [9.17, 15) is 4.79 Å². The van der Waals surface area contributed by atoms with E-state index in [-0.39, 0.29) is 24.7 Å². The second kappa shape index (κ2) is 10.6. The molecule has 0 aromatic heterocycles. The van der Waals surface area contributed by atoms with Gasteiger partial charge in [-0.05, 0) is 73.0 Å². The highest BCUT2D eigenvalue weighted by Gasteiger charge is 2.26. The van der Waals surface area contributed by atoms with Crippen molar-refractivity contribution in [1.82, 2.24) is 4.90 Å². The number of hydrogen-bond donors (Lipinski definition) is 1. The number of halogens is 1. The minimum Gasteiger partial charge on any atom is -0.493 e. The van der Waals surface area contributed by atoms with Gasteiger partial charge in [0.15, 0.2) is 18.1 Å². The lowest BCUT2D eigenvalue weighted by atomic mass is 10.1. The number of methoxy groups -OCH3 is 1. The van der Waals surface area contributed by atoms with Gasteiger partial charge in [0, 0.05) is 24.3 Å². The summed E-state index contributed by atoms with van der Waals surface area (Å²) in [5, 5.41) is 2.90. The van der Waals surface area contributed by atoms with Crippen LogP contribution < -0.4 is 14.8 Å². The average Bonchev–Trinajstić information content (AvgIpc) is 2.74. The minimum absolute atomic E-state index is 0.111. The minimum atomic E-state index is -0.247. The van der Waals surface area contributed by atoms with Gasteiger partial charge in [-0.2, -0.15) is 0 Å². The summed E-state index contributed by atoms with van der Waals surface area (Å²) in [7, 11) is 1.57. The molecule has 0 saturated carbocycles. The second-order valence-electron chi connectivity index (χ2n) is 8.04. The predicted octanol–water partition coefficient (Wildman–Crippen LogP) is 4.88. The molecule has 32 heavy (non-hydrogen) atoms. The average molecular weight is 521 g/mol. The van der Waals surface area contributed by atoms with Crippen LogP contribution in [-0.4, -0.2) is 54.8 Å². The quantitative estimate of drug-likeness (QED) is 0.548. The maximum absolute atomic E-state index is 12.5. The van der Waals surface area contributed by atoms with E-state index in [2.05, 4.69) is 26.1 Å². The topological polar surface area (TPSA) is 60.0 Å². The summed E-state index contributed by atoms with van der Waals surface area (Å²) in [6.07, 6.45) is 0.223. The number of anilines is 1. The van der Waals surface area contributed by atoms with Crippen LogP contribution in [0, 0.1) is 13.8 Å². The molecule has 0 unspecified atom stereocenters. The molecule has 0 bridgehead atoms. The molecule has 1 amide bonds. The van der Waals surface area contributed by atoms with Crippen LogP contribution in [0.5, 0.6) is 11.5 Å². The van der Waals surface area contributed by atoms with E-state index >= 15 is 0 Å². The highest BCUT2D eigenvalue weighted by atomic mass is 79.9.